The highest BCUT2D eigenvalue weighted by atomic mass is 19.4. The van der Waals surface area contributed by atoms with E-state index in [-0.39, 0.29) is 11.8 Å². The van der Waals surface area contributed by atoms with Gasteiger partial charge >= 0.3 is 6.18 Å². The monoisotopic (exact) mass is 378 g/mol. The molecular weight excluding hydrogens is 361 g/mol. The Morgan fingerprint density at radius 2 is 1.57 bits per heavy atom. The molecule has 28 heavy (non-hydrogen) atoms. The van der Waals surface area contributed by atoms with Gasteiger partial charge in [0.2, 0.25) is 0 Å². The second-order valence-corrected chi connectivity index (χ2v) is 7.29. The molecule has 1 aromatic heterocycles. The van der Waals surface area contributed by atoms with Crippen molar-refractivity contribution >= 4 is 11.0 Å². The van der Waals surface area contributed by atoms with Gasteiger partial charge in [0.25, 0.3) is 0 Å². The van der Waals surface area contributed by atoms with Crippen molar-refractivity contribution in [3.63, 3.8) is 0 Å². The molecule has 5 heteroatoms. The highest BCUT2D eigenvalue weighted by Crippen LogP contribution is 2.54. The molecule has 0 saturated heterocycles. The van der Waals surface area contributed by atoms with Crippen LogP contribution in [-0.2, 0) is 6.18 Å². The Hall–Kier alpha value is -3.08. The number of imidazole rings is 1. The predicted molar refractivity (Wildman–Crippen MR) is 103 cm³/mol. The van der Waals surface area contributed by atoms with Gasteiger partial charge in [-0.05, 0) is 53.3 Å². The number of benzene rings is 3. The molecule has 140 valence electrons. The van der Waals surface area contributed by atoms with Crippen LogP contribution in [0, 0.1) is 0 Å². The second-order valence-electron chi connectivity index (χ2n) is 7.29. The number of aromatic nitrogens is 2. The number of rotatable bonds is 3. The highest BCUT2D eigenvalue weighted by Gasteiger charge is 2.42. The van der Waals surface area contributed by atoms with E-state index in [0.717, 1.165) is 52.1 Å². The zero-order valence-electron chi connectivity index (χ0n) is 14.9. The number of halogens is 3. The Morgan fingerprint density at radius 1 is 0.821 bits per heavy atom. The summed E-state index contributed by atoms with van der Waals surface area (Å²) in [5.41, 5.74) is 4.49. The fourth-order valence-corrected chi connectivity index (χ4v) is 3.80. The van der Waals surface area contributed by atoms with Crippen LogP contribution >= 0.6 is 0 Å². The molecule has 2 nitrogen and oxygen atoms in total. The molecule has 0 bridgehead atoms. The van der Waals surface area contributed by atoms with Gasteiger partial charge in [0.15, 0.2) is 0 Å². The van der Waals surface area contributed by atoms with Crippen molar-refractivity contribution < 1.29 is 13.2 Å². The molecule has 2 atom stereocenters. The third kappa shape index (κ3) is 3.07. The fourth-order valence-electron chi connectivity index (χ4n) is 3.80. The van der Waals surface area contributed by atoms with E-state index >= 15 is 0 Å². The lowest BCUT2D eigenvalue weighted by atomic mass is 10.1. The summed E-state index contributed by atoms with van der Waals surface area (Å²) < 4.78 is 38.2. The Balaban J connectivity index is 1.39. The molecule has 0 aliphatic heterocycles. The summed E-state index contributed by atoms with van der Waals surface area (Å²) in [6, 6.07) is 21.8. The van der Waals surface area contributed by atoms with Crippen LogP contribution in [0.15, 0.2) is 72.8 Å². The topological polar surface area (TPSA) is 28.7 Å². The summed E-state index contributed by atoms with van der Waals surface area (Å²) in [4.78, 5) is 8.12. The van der Waals surface area contributed by atoms with Crippen molar-refractivity contribution in [1.82, 2.24) is 9.97 Å². The van der Waals surface area contributed by atoms with Gasteiger partial charge in [0, 0.05) is 5.92 Å². The molecule has 1 aliphatic carbocycles. The number of H-pyrrole nitrogens is 1. The third-order valence-corrected chi connectivity index (χ3v) is 5.42. The molecule has 1 saturated carbocycles. The first-order valence-corrected chi connectivity index (χ1v) is 9.21. The number of hydrogen-bond donors (Lipinski definition) is 1. The Labute approximate surface area is 160 Å². The minimum Gasteiger partial charge on any atom is -0.342 e. The van der Waals surface area contributed by atoms with E-state index in [9.17, 15) is 13.2 Å². The fraction of sp³-hybridized carbons (Fsp3) is 0.174. The molecule has 4 aromatic rings. The summed E-state index contributed by atoms with van der Waals surface area (Å²) in [5.74, 6) is 1.35. The molecule has 3 aromatic carbocycles. The van der Waals surface area contributed by atoms with Gasteiger partial charge in [-0.15, -0.1) is 0 Å². The van der Waals surface area contributed by atoms with Crippen molar-refractivity contribution in [3.05, 3.63) is 89.7 Å². The van der Waals surface area contributed by atoms with Gasteiger partial charge in [-0.2, -0.15) is 13.2 Å². The number of alkyl halides is 3. The predicted octanol–water partition coefficient (Wildman–Crippen LogP) is 6.52. The lowest BCUT2D eigenvalue weighted by molar-refractivity contribution is -0.137. The smallest absolute Gasteiger partial charge is 0.342 e. The maximum Gasteiger partial charge on any atom is 0.416 e. The van der Waals surface area contributed by atoms with Crippen LogP contribution in [-0.4, -0.2) is 9.97 Å². The van der Waals surface area contributed by atoms with Crippen molar-refractivity contribution in [3.8, 4) is 11.1 Å². The maximum absolute atomic E-state index is 12.7. The Morgan fingerprint density at radius 3 is 2.29 bits per heavy atom. The Kier molecular flexibility index (Phi) is 3.79. The molecular formula is C23H17F3N2. The van der Waals surface area contributed by atoms with Gasteiger partial charge in [-0.25, -0.2) is 4.98 Å². The van der Waals surface area contributed by atoms with Gasteiger partial charge < -0.3 is 4.98 Å². The van der Waals surface area contributed by atoms with Crippen LogP contribution in [0.5, 0.6) is 0 Å². The standard InChI is InChI=1S/C23H17F3N2/c24-23(25,26)17-9-6-15(7-10-17)18-13-19(18)22-27-20-11-8-16(12-21(20)28-22)14-4-2-1-3-5-14/h1-12,18-19H,13H2,(H,27,28). The maximum atomic E-state index is 12.7. The zero-order valence-corrected chi connectivity index (χ0v) is 14.9. The number of fused-ring (bicyclic) bond motifs is 1. The van der Waals surface area contributed by atoms with Gasteiger partial charge in [0.1, 0.15) is 5.82 Å². The largest absolute Gasteiger partial charge is 0.416 e. The van der Waals surface area contributed by atoms with Crippen molar-refractivity contribution in [2.24, 2.45) is 0 Å². The van der Waals surface area contributed by atoms with Crippen LogP contribution in [0.3, 0.4) is 0 Å². The molecule has 1 aliphatic rings. The molecule has 1 N–H and O–H groups in total. The number of nitrogens with one attached hydrogen (secondary N) is 1. The average molecular weight is 378 g/mol. The molecule has 0 amide bonds. The third-order valence-electron chi connectivity index (χ3n) is 5.42. The summed E-state index contributed by atoms with van der Waals surface area (Å²) in [5, 5.41) is 0. The number of hydrogen-bond acceptors (Lipinski definition) is 1. The molecule has 0 radical (unpaired) electrons. The first-order chi connectivity index (χ1) is 13.5. The summed E-state index contributed by atoms with van der Waals surface area (Å²) in [6.45, 7) is 0. The van der Waals surface area contributed by atoms with E-state index in [4.69, 9.17) is 4.98 Å². The molecule has 1 heterocycles. The summed E-state index contributed by atoms with van der Waals surface area (Å²) >= 11 is 0. The van der Waals surface area contributed by atoms with Crippen LogP contribution < -0.4 is 0 Å². The second kappa shape index (κ2) is 6.23. The van der Waals surface area contributed by atoms with Crippen LogP contribution in [0.1, 0.15) is 35.2 Å². The number of nitrogens with zero attached hydrogens (tertiary/aromatic N) is 1. The molecule has 5 rings (SSSR count). The van der Waals surface area contributed by atoms with Gasteiger partial charge in [-0.3, -0.25) is 0 Å². The highest BCUT2D eigenvalue weighted by molar-refractivity contribution is 5.82. The van der Waals surface area contributed by atoms with Crippen molar-refractivity contribution in [2.75, 3.05) is 0 Å². The summed E-state index contributed by atoms with van der Waals surface area (Å²) in [7, 11) is 0. The SMILES string of the molecule is FC(F)(F)c1ccc(C2CC2c2nc3ccc(-c4ccccc4)cc3[nH]2)cc1. The Bertz CT molecular complexity index is 1130. The van der Waals surface area contributed by atoms with E-state index < -0.39 is 11.7 Å². The van der Waals surface area contributed by atoms with E-state index in [1.165, 1.54) is 0 Å². The molecule has 2 unspecified atom stereocenters. The van der Waals surface area contributed by atoms with E-state index in [0.29, 0.717) is 0 Å². The average Bonchev–Trinajstić information content (AvgIpc) is 3.39. The lowest BCUT2D eigenvalue weighted by Crippen LogP contribution is -2.04. The van der Waals surface area contributed by atoms with E-state index in [1.807, 2.05) is 24.3 Å². The quantitative estimate of drug-likeness (QED) is 0.432. The molecule has 0 spiro atoms. The van der Waals surface area contributed by atoms with Crippen molar-refractivity contribution in [1.29, 1.82) is 0 Å². The van der Waals surface area contributed by atoms with Crippen LogP contribution in [0.25, 0.3) is 22.2 Å². The van der Waals surface area contributed by atoms with E-state index in [2.05, 4.69) is 29.2 Å². The molecule has 1 fully saturated rings. The van der Waals surface area contributed by atoms with Gasteiger partial charge in [-0.1, -0.05) is 48.5 Å². The van der Waals surface area contributed by atoms with Crippen LogP contribution in [0.2, 0.25) is 0 Å². The minimum atomic E-state index is -4.29. The lowest BCUT2D eigenvalue weighted by Gasteiger charge is -2.07. The van der Waals surface area contributed by atoms with Crippen molar-refractivity contribution in [2.45, 2.75) is 24.4 Å². The first kappa shape index (κ1) is 17.0. The minimum absolute atomic E-state index is 0.219. The van der Waals surface area contributed by atoms with E-state index in [1.54, 1.807) is 12.1 Å². The van der Waals surface area contributed by atoms with Gasteiger partial charge in [0.05, 0.1) is 16.6 Å². The normalized spacial score (nSPS) is 19.1. The summed E-state index contributed by atoms with van der Waals surface area (Å²) in [6.07, 6.45) is -3.40. The first-order valence-electron chi connectivity index (χ1n) is 9.21. The number of aromatic amines is 1. The van der Waals surface area contributed by atoms with Crippen LogP contribution in [0.4, 0.5) is 13.2 Å². The zero-order chi connectivity index (χ0) is 19.3.